The standard InChI is InChI=1S/C26H48N3O3/c1-2-3-4-5-6-7-8-9-10-11-12-13-14-15-16-20-25(31)28-22-26(32)29-24(23-30)19-17-18-21-27/h9-10,24H,2-8,11-22,27H2,1H3,(H,28,31)(H,29,32)/b10-9-/t24-/m0/s1. The molecule has 0 spiro atoms. The molecular formula is C26H48N3O3. The number of unbranched alkanes of at least 4 members (excludes halogenated alkanes) is 12. The molecule has 0 rings (SSSR count). The molecule has 0 aromatic heterocycles. The molecule has 32 heavy (non-hydrogen) atoms. The molecule has 185 valence electrons. The maximum Gasteiger partial charge on any atom is 0.239 e. The van der Waals surface area contributed by atoms with Crippen molar-refractivity contribution in [2.24, 2.45) is 5.73 Å². The van der Waals surface area contributed by atoms with E-state index < -0.39 is 6.04 Å². The van der Waals surface area contributed by atoms with Gasteiger partial charge in [0, 0.05) is 6.42 Å². The van der Waals surface area contributed by atoms with Crippen LogP contribution in [0.4, 0.5) is 0 Å². The monoisotopic (exact) mass is 450 g/mol. The zero-order valence-corrected chi connectivity index (χ0v) is 20.5. The Morgan fingerprint density at radius 2 is 1.41 bits per heavy atom. The zero-order chi connectivity index (χ0) is 23.7. The number of amides is 2. The highest BCUT2D eigenvalue weighted by Gasteiger charge is 2.12. The Kier molecular flexibility index (Phi) is 22.7. The van der Waals surface area contributed by atoms with E-state index in [1.165, 1.54) is 57.8 Å². The van der Waals surface area contributed by atoms with Gasteiger partial charge < -0.3 is 16.4 Å². The van der Waals surface area contributed by atoms with E-state index >= 15 is 0 Å². The van der Waals surface area contributed by atoms with Crippen LogP contribution in [0.25, 0.3) is 0 Å². The number of nitrogens with two attached hydrogens (primary N) is 1. The van der Waals surface area contributed by atoms with E-state index in [0.29, 0.717) is 19.4 Å². The Morgan fingerprint density at radius 1 is 0.812 bits per heavy atom. The van der Waals surface area contributed by atoms with E-state index in [4.69, 9.17) is 5.73 Å². The van der Waals surface area contributed by atoms with Crippen LogP contribution >= 0.6 is 0 Å². The molecule has 0 saturated heterocycles. The van der Waals surface area contributed by atoms with Crippen LogP contribution < -0.4 is 16.4 Å². The molecule has 0 saturated carbocycles. The van der Waals surface area contributed by atoms with Gasteiger partial charge in [-0.05, 0) is 57.9 Å². The van der Waals surface area contributed by atoms with E-state index in [9.17, 15) is 14.4 Å². The smallest absolute Gasteiger partial charge is 0.239 e. The maximum absolute atomic E-state index is 11.9. The van der Waals surface area contributed by atoms with Gasteiger partial charge in [0.05, 0.1) is 12.6 Å². The summed E-state index contributed by atoms with van der Waals surface area (Å²) in [5, 5.41) is 5.20. The van der Waals surface area contributed by atoms with Gasteiger partial charge in [-0.15, -0.1) is 0 Å². The van der Waals surface area contributed by atoms with Crippen molar-refractivity contribution in [3.8, 4) is 0 Å². The van der Waals surface area contributed by atoms with E-state index in [1.54, 1.807) is 0 Å². The Hall–Kier alpha value is -1.69. The van der Waals surface area contributed by atoms with Crippen LogP contribution in [0.15, 0.2) is 12.2 Å². The van der Waals surface area contributed by atoms with Crippen molar-refractivity contribution in [1.29, 1.82) is 0 Å². The second-order valence-corrected chi connectivity index (χ2v) is 8.63. The molecule has 1 radical (unpaired) electrons. The fourth-order valence-electron chi connectivity index (χ4n) is 3.52. The Labute approximate surface area is 196 Å². The van der Waals surface area contributed by atoms with Gasteiger partial charge in [-0.3, -0.25) is 14.4 Å². The third-order valence-corrected chi connectivity index (χ3v) is 5.54. The summed E-state index contributed by atoms with van der Waals surface area (Å²) in [7, 11) is 0. The maximum atomic E-state index is 11.9. The summed E-state index contributed by atoms with van der Waals surface area (Å²) < 4.78 is 0. The van der Waals surface area contributed by atoms with E-state index in [2.05, 4.69) is 29.7 Å². The summed E-state index contributed by atoms with van der Waals surface area (Å²) in [5.74, 6) is -0.475. The minimum absolute atomic E-state index is 0.0982. The normalized spacial score (nSPS) is 12.1. The quantitative estimate of drug-likeness (QED) is 0.153. The highest BCUT2D eigenvalue weighted by molar-refractivity contribution is 5.86. The molecule has 0 aromatic carbocycles. The first kappa shape index (κ1) is 30.3. The lowest BCUT2D eigenvalue weighted by atomic mass is 10.1. The third kappa shape index (κ3) is 21.5. The van der Waals surface area contributed by atoms with Crippen LogP contribution in [-0.2, 0) is 14.4 Å². The molecule has 0 aliphatic carbocycles. The number of hydrogen-bond donors (Lipinski definition) is 3. The van der Waals surface area contributed by atoms with Crippen LogP contribution in [0, 0.1) is 0 Å². The molecule has 0 aromatic rings. The molecule has 0 aliphatic rings. The van der Waals surface area contributed by atoms with Crippen LogP contribution in [0.5, 0.6) is 0 Å². The topological polar surface area (TPSA) is 101 Å². The number of allylic oxidation sites excluding steroid dienone is 2. The van der Waals surface area contributed by atoms with Crippen LogP contribution in [0.3, 0.4) is 0 Å². The van der Waals surface area contributed by atoms with Crippen molar-refractivity contribution >= 4 is 18.1 Å². The van der Waals surface area contributed by atoms with E-state index in [-0.39, 0.29) is 18.4 Å². The molecule has 0 heterocycles. The molecule has 1 atom stereocenters. The molecular weight excluding hydrogens is 402 g/mol. The predicted molar refractivity (Wildman–Crippen MR) is 133 cm³/mol. The number of rotatable bonds is 23. The Morgan fingerprint density at radius 3 is 2.00 bits per heavy atom. The van der Waals surface area contributed by atoms with Crippen molar-refractivity contribution in [1.82, 2.24) is 10.6 Å². The Bertz CT molecular complexity index is 495. The van der Waals surface area contributed by atoms with Gasteiger partial charge in [0.25, 0.3) is 0 Å². The minimum atomic E-state index is -0.628. The largest absolute Gasteiger partial charge is 0.347 e. The lowest BCUT2D eigenvalue weighted by molar-refractivity contribution is -0.126. The second kappa shape index (κ2) is 24.0. The molecule has 0 fully saturated rings. The predicted octanol–water partition coefficient (Wildman–Crippen LogP) is 4.86. The molecule has 6 nitrogen and oxygen atoms in total. The fraction of sp³-hybridized carbons (Fsp3) is 0.808. The van der Waals surface area contributed by atoms with E-state index in [1.807, 2.05) is 6.29 Å². The summed E-state index contributed by atoms with van der Waals surface area (Å²) >= 11 is 0. The fourth-order valence-corrected chi connectivity index (χ4v) is 3.52. The lowest BCUT2D eigenvalue weighted by Crippen LogP contribution is -2.42. The zero-order valence-electron chi connectivity index (χ0n) is 20.5. The molecule has 0 aliphatic heterocycles. The summed E-state index contributed by atoms with van der Waals surface area (Å²) in [6, 6.07) is -0.628. The van der Waals surface area contributed by atoms with Crippen molar-refractivity contribution in [2.75, 3.05) is 13.1 Å². The number of carbonyl (C=O) groups excluding carboxylic acids is 3. The first-order valence-electron chi connectivity index (χ1n) is 12.9. The number of hydrogen-bond acceptors (Lipinski definition) is 4. The summed E-state index contributed by atoms with van der Waals surface area (Å²) in [6.07, 6.45) is 24.9. The molecule has 0 unspecified atom stereocenters. The SMILES string of the molecule is CCCCCCCC/C=C\CCCCCCCC(=O)NCC(=O)N[C@H]([C]=O)CCCCN. The van der Waals surface area contributed by atoms with Gasteiger partial charge >= 0.3 is 0 Å². The average molecular weight is 451 g/mol. The summed E-state index contributed by atoms with van der Waals surface area (Å²) in [5.41, 5.74) is 5.42. The van der Waals surface area contributed by atoms with Crippen molar-refractivity contribution in [3.63, 3.8) is 0 Å². The van der Waals surface area contributed by atoms with Crippen LogP contribution in [0.2, 0.25) is 0 Å². The van der Waals surface area contributed by atoms with Crippen molar-refractivity contribution in [3.05, 3.63) is 12.2 Å². The summed E-state index contributed by atoms with van der Waals surface area (Å²) in [4.78, 5) is 34.6. The number of carbonyl (C=O) groups is 2. The minimum Gasteiger partial charge on any atom is -0.347 e. The average Bonchev–Trinajstić information content (AvgIpc) is 2.79. The van der Waals surface area contributed by atoms with Gasteiger partial charge in [0.15, 0.2) is 0 Å². The van der Waals surface area contributed by atoms with Gasteiger partial charge in [-0.2, -0.15) is 0 Å². The van der Waals surface area contributed by atoms with Crippen molar-refractivity contribution in [2.45, 2.75) is 122 Å². The Balaban J connectivity index is 3.51. The lowest BCUT2D eigenvalue weighted by Gasteiger charge is -2.12. The second-order valence-electron chi connectivity index (χ2n) is 8.63. The van der Waals surface area contributed by atoms with Crippen LogP contribution in [-0.4, -0.2) is 37.2 Å². The van der Waals surface area contributed by atoms with Gasteiger partial charge in [0.1, 0.15) is 0 Å². The highest BCUT2D eigenvalue weighted by Crippen LogP contribution is 2.10. The first-order valence-corrected chi connectivity index (χ1v) is 12.9. The molecule has 0 bridgehead atoms. The van der Waals surface area contributed by atoms with E-state index in [0.717, 1.165) is 38.5 Å². The molecule has 6 heteroatoms. The van der Waals surface area contributed by atoms with Crippen molar-refractivity contribution < 1.29 is 14.4 Å². The highest BCUT2D eigenvalue weighted by atomic mass is 16.2. The van der Waals surface area contributed by atoms with Gasteiger partial charge in [0.2, 0.25) is 18.1 Å². The van der Waals surface area contributed by atoms with Crippen LogP contribution in [0.1, 0.15) is 116 Å². The van der Waals surface area contributed by atoms with Gasteiger partial charge in [-0.1, -0.05) is 70.4 Å². The number of nitrogens with one attached hydrogen (secondary N) is 2. The first-order chi connectivity index (χ1) is 15.6. The molecule has 2 amide bonds. The summed E-state index contributed by atoms with van der Waals surface area (Å²) in [6.45, 7) is 2.72. The van der Waals surface area contributed by atoms with Gasteiger partial charge in [-0.25, -0.2) is 0 Å². The third-order valence-electron chi connectivity index (χ3n) is 5.54. The molecule has 4 N–H and O–H groups in total.